The summed E-state index contributed by atoms with van der Waals surface area (Å²) in [5.41, 5.74) is 2.78. The average molecular weight is 416 g/mol. The molecule has 0 saturated carbocycles. The van der Waals surface area contributed by atoms with Gasteiger partial charge < -0.3 is 10.2 Å². The van der Waals surface area contributed by atoms with E-state index < -0.39 is 0 Å². The van der Waals surface area contributed by atoms with E-state index in [0.717, 1.165) is 17.2 Å². The van der Waals surface area contributed by atoms with E-state index in [2.05, 4.69) is 14.1 Å². The van der Waals surface area contributed by atoms with Crippen LogP contribution in [0.4, 0.5) is 5.69 Å². The van der Waals surface area contributed by atoms with Crippen molar-refractivity contribution >= 4 is 51.9 Å². The molecule has 2 amide bonds. The van der Waals surface area contributed by atoms with E-state index >= 15 is 0 Å². The maximum absolute atomic E-state index is 12.6. The van der Waals surface area contributed by atoms with Crippen molar-refractivity contribution in [3.63, 3.8) is 0 Å². The van der Waals surface area contributed by atoms with Crippen LogP contribution in [0.2, 0.25) is 5.02 Å². The summed E-state index contributed by atoms with van der Waals surface area (Å²) < 4.78 is 8.41. The first-order valence-electron chi connectivity index (χ1n) is 8.88. The Balaban J connectivity index is 1.30. The fraction of sp³-hybridized carbons (Fsp3) is 0.263. The number of nitrogens with zero attached hydrogens (tertiary/aromatic N) is 4. The van der Waals surface area contributed by atoms with Gasteiger partial charge in [0.25, 0.3) is 5.91 Å². The normalized spacial score (nSPS) is 15.0. The standard InChI is InChI=1S/C19H18ClN5O2S/c20-14-6-4-13(5-7-14)19(27)25-10-8-24(9-11-25)12-17(26)21-15-2-1-3-16-18(15)23-28-22-16/h1-7H,8-12H2,(H,21,26). The molecule has 3 aromatic rings. The lowest BCUT2D eigenvalue weighted by molar-refractivity contribution is -0.117. The number of fused-ring (bicyclic) bond motifs is 1. The maximum atomic E-state index is 12.6. The lowest BCUT2D eigenvalue weighted by Gasteiger charge is -2.34. The van der Waals surface area contributed by atoms with E-state index in [9.17, 15) is 9.59 Å². The van der Waals surface area contributed by atoms with Crippen molar-refractivity contribution in [1.82, 2.24) is 18.5 Å². The Morgan fingerprint density at radius 2 is 1.79 bits per heavy atom. The Hall–Kier alpha value is -2.55. The van der Waals surface area contributed by atoms with Gasteiger partial charge in [-0.15, -0.1) is 0 Å². The summed E-state index contributed by atoms with van der Waals surface area (Å²) in [7, 11) is 0. The second-order valence-corrected chi connectivity index (χ2v) is 7.53. The van der Waals surface area contributed by atoms with Crippen LogP contribution in [0.1, 0.15) is 10.4 Å². The average Bonchev–Trinajstić information content (AvgIpc) is 3.18. The van der Waals surface area contributed by atoms with Gasteiger partial charge >= 0.3 is 0 Å². The van der Waals surface area contributed by atoms with Crippen molar-refractivity contribution in [1.29, 1.82) is 0 Å². The lowest BCUT2D eigenvalue weighted by atomic mass is 10.2. The molecule has 0 radical (unpaired) electrons. The largest absolute Gasteiger partial charge is 0.336 e. The third kappa shape index (κ3) is 4.14. The Labute approximate surface area is 171 Å². The molecule has 7 nitrogen and oxygen atoms in total. The topological polar surface area (TPSA) is 78.4 Å². The molecule has 4 rings (SSSR count). The van der Waals surface area contributed by atoms with Crippen molar-refractivity contribution in [2.75, 3.05) is 38.0 Å². The summed E-state index contributed by atoms with van der Waals surface area (Å²) >= 11 is 7.00. The van der Waals surface area contributed by atoms with E-state index in [1.54, 1.807) is 29.2 Å². The van der Waals surface area contributed by atoms with Crippen molar-refractivity contribution in [2.24, 2.45) is 0 Å². The van der Waals surface area contributed by atoms with Gasteiger partial charge in [0, 0.05) is 36.8 Å². The van der Waals surface area contributed by atoms with Crippen LogP contribution in [0.25, 0.3) is 11.0 Å². The molecule has 1 fully saturated rings. The van der Waals surface area contributed by atoms with E-state index in [1.165, 1.54) is 0 Å². The molecule has 1 aromatic heterocycles. The number of hydrogen-bond donors (Lipinski definition) is 1. The number of nitrogens with one attached hydrogen (secondary N) is 1. The summed E-state index contributed by atoms with van der Waals surface area (Å²) in [5.74, 6) is -0.110. The number of piperazine rings is 1. The molecular weight excluding hydrogens is 398 g/mol. The van der Waals surface area contributed by atoms with E-state index in [4.69, 9.17) is 11.6 Å². The highest BCUT2D eigenvalue weighted by atomic mass is 35.5. The van der Waals surface area contributed by atoms with Gasteiger partial charge in [0.1, 0.15) is 11.0 Å². The number of aromatic nitrogens is 2. The van der Waals surface area contributed by atoms with Crippen LogP contribution in [0.15, 0.2) is 42.5 Å². The Kier molecular flexibility index (Phi) is 5.52. The SMILES string of the molecule is O=C(CN1CCN(C(=O)c2ccc(Cl)cc2)CC1)Nc1cccc2nsnc12. The van der Waals surface area contributed by atoms with E-state index in [1.807, 2.05) is 23.1 Å². The number of amides is 2. The van der Waals surface area contributed by atoms with E-state index in [-0.39, 0.29) is 18.4 Å². The monoisotopic (exact) mass is 415 g/mol. The van der Waals surface area contributed by atoms with Crippen molar-refractivity contribution in [3.8, 4) is 0 Å². The minimum atomic E-state index is -0.0991. The summed E-state index contributed by atoms with van der Waals surface area (Å²) in [4.78, 5) is 28.8. The lowest BCUT2D eigenvalue weighted by Crippen LogP contribution is -2.50. The van der Waals surface area contributed by atoms with Gasteiger partial charge in [-0.3, -0.25) is 14.5 Å². The van der Waals surface area contributed by atoms with Crippen LogP contribution in [0.5, 0.6) is 0 Å². The van der Waals surface area contributed by atoms with Gasteiger partial charge in [0.2, 0.25) is 5.91 Å². The molecule has 1 N–H and O–H groups in total. The zero-order chi connectivity index (χ0) is 19.5. The highest BCUT2D eigenvalue weighted by Crippen LogP contribution is 2.21. The minimum absolute atomic E-state index is 0.0107. The van der Waals surface area contributed by atoms with Crippen LogP contribution in [0.3, 0.4) is 0 Å². The van der Waals surface area contributed by atoms with Crippen molar-refractivity contribution in [2.45, 2.75) is 0 Å². The molecule has 1 saturated heterocycles. The number of carbonyl (C=O) groups is 2. The van der Waals surface area contributed by atoms with Crippen LogP contribution < -0.4 is 5.32 Å². The second kappa shape index (κ2) is 8.22. The molecule has 9 heteroatoms. The zero-order valence-electron chi connectivity index (χ0n) is 15.0. The molecule has 28 heavy (non-hydrogen) atoms. The van der Waals surface area contributed by atoms with Crippen LogP contribution in [-0.2, 0) is 4.79 Å². The summed E-state index contributed by atoms with van der Waals surface area (Å²) in [5, 5.41) is 3.52. The predicted octanol–water partition coefficient (Wildman–Crippen LogP) is 2.74. The number of hydrogen-bond acceptors (Lipinski definition) is 6. The number of halogens is 1. The van der Waals surface area contributed by atoms with Gasteiger partial charge in [-0.2, -0.15) is 8.75 Å². The van der Waals surface area contributed by atoms with Crippen molar-refractivity contribution in [3.05, 3.63) is 53.1 Å². The summed E-state index contributed by atoms with van der Waals surface area (Å²) in [6.45, 7) is 2.74. The first-order valence-corrected chi connectivity index (χ1v) is 9.99. The molecule has 144 valence electrons. The van der Waals surface area contributed by atoms with Gasteiger partial charge in [-0.1, -0.05) is 17.7 Å². The first-order chi connectivity index (χ1) is 13.6. The number of benzene rings is 2. The second-order valence-electron chi connectivity index (χ2n) is 6.56. The Bertz CT molecular complexity index is 999. The number of carbonyl (C=O) groups excluding carboxylic acids is 2. The Morgan fingerprint density at radius 3 is 2.54 bits per heavy atom. The van der Waals surface area contributed by atoms with Gasteiger partial charge in [-0.25, -0.2) is 0 Å². The zero-order valence-corrected chi connectivity index (χ0v) is 16.5. The highest BCUT2D eigenvalue weighted by molar-refractivity contribution is 7.00. The fourth-order valence-electron chi connectivity index (χ4n) is 3.18. The molecular formula is C19H18ClN5O2S. The molecule has 2 heterocycles. The minimum Gasteiger partial charge on any atom is -0.336 e. The molecule has 0 atom stereocenters. The van der Waals surface area contributed by atoms with Gasteiger partial charge in [0.15, 0.2) is 0 Å². The molecule has 0 spiro atoms. The number of anilines is 1. The third-order valence-electron chi connectivity index (χ3n) is 4.68. The van der Waals surface area contributed by atoms with Gasteiger partial charge in [0.05, 0.1) is 24.0 Å². The molecule has 0 aliphatic carbocycles. The van der Waals surface area contributed by atoms with Crippen LogP contribution >= 0.6 is 23.3 Å². The third-order valence-corrected chi connectivity index (χ3v) is 5.47. The molecule has 1 aliphatic heterocycles. The van der Waals surface area contributed by atoms with E-state index in [0.29, 0.717) is 48.0 Å². The summed E-state index contributed by atoms with van der Waals surface area (Å²) in [6, 6.07) is 12.4. The quantitative estimate of drug-likeness (QED) is 0.708. The fourth-order valence-corrected chi connectivity index (χ4v) is 3.86. The maximum Gasteiger partial charge on any atom is 0.253 e. The Morgan fingerprint density at radius 1 is 1.04 bits per heavy atom. The van der Waals surface area contributed by atoms with Gasteiger partial charge in [-0.05, 0) is 36.4 Å². The van der Waals surface area contributed by atoms with Crippen molar-refractivity contribution < 1.29 is 9.59 Å². The smallest absolute Gasteiger partial charge is 0.253 e. The molecule has 1 aliphatic rings. The molecule has 2 aromatic carbocycles. The first kappa shape index (κ1) is 18.8. The summed E-state index contributed by atoms with van der Waals surface area (Å²) in [6.07, 6.45) is 0. The predicted molar refractivity (Wildman–Crippen MR) is 110 cm³/mol. The molecule has 0 unspecified atom stereocenters. The number of rotatable bonds is 4. The molecule has 0 bridgehead atoms. The highest BCUT2D eigenvalue weighted by Gasteiger charge is 2.23. The van der Waals surface area contributed by atoms with Crippen LogP contribution in [-0.4, -0.2) is 63.1 Å². The van der Waals surface area contributed by atoms with Crippen LogP contribution in [0, 0.1) is 0 Å².